The molecule has 172 valence electrons. The van der Waals surface area contributed by atoms with Gasteiger partial charge < -0.3 is 14.2 Å². The first-order chi connectivity index (χ1) is 16.6. The Bertz CT molecular complexity index is 1340. The van der Waals surface area contributed by atoms with Crippen LogP contribution in [0.4, 0.5) is 0 Å². The van der Waals surface area contributed by atoms with E-state index >= 15 is 0 Å². The van der Waals surface area contributed by atoms with Gasteiger partial charge in [-0.1, -0.05) is 59.2 Å². The lowest BCUT2D eigenvalue weighted by Crippen LogP contribution is -2.31. The molecule has 0 saturated carbocycles. The molecular weight excluding hydrogens is 450 g/mol. The lowest BCUT2D eigenvalue weighted by atomic mass is 9.98. The number of halogens is 1. The molecule has 1 saturated heterocycles. The average Bonchev–Trinajstić information content (AvgIpc) is 3.55. The highest BCUT2D eigenvalue weighted by atomic mass is 35.5. The molecule has 6 nitrogen and oxygen atoms in total. The van der Waals surface area contributed by atoms with Crippen molar-refractivity contribution >= 4 is 17.5 Å². The maximum atomic E-state index is 13.8. The molecule has 1 atom stereocenters. The minimum Gasteiger partial charge on any atom is -0.497 e. The van der Waals surface area contributed by atoms with E-state index in [9.17, 15) is 4.79 Å². The Labute approximate surface area is 203 Å². The van der Waals surface area contributed by atoms with Crippen LogP contribution in [0.1, 0.15) is 40.7 Å². The summed E-state index contributed by atoms with van der Waals surface area (Å²) in [4.78, 5) is 20.3. The van der Waals surface area contributed by atoms with Crippen molar-refractivity contribution in [2.45, 2.75) is 25.8 Å². The van der Waals surface area contributed by atoms with E-state index in [2.05, 4.69) is 10.1 Å². The topological polar surface area (TPSA) is 68.5 Å². The molecule has 0 bridgehead atoms. The third-order valence-electron chi connectivity index (χ3n) is 6.29. The molecule has 5 rings (SSSR count). The minimum absolute atomic E-state index is 0.0843. The summed E-state index contributed by atoms with van der Waals surface area (Å²) < 4.78 is 11.1. The summed E-state index contributed by atoms with van der Waals surface area (Å²) in [5.41, 5.74) is 4.12. The van der Waals surface area contributed by atoms with Crippen LogP contribution in [-0.4, -0.2) is 34.6 Å². The normalized spacial score (nSPS) is 15.5. The molecule has 0 spiro atoms. The van der Waals surface area contributed by atoms with Crippen LogP contribution in [0.5, 0.6) is 5.75 Å². The number of carbonyl (C=O) groups excluding carboxylic acids is 1. The molecule has 1 amide bonds. The van der Waals surface area contributed by atoms with Crippen LogP contribution in [0.15, 0.2) is 71.3 Å². The van der Waals surface area contributed by atoms with E-state index in [-0.39, 0.29) is 11.9 Å². The Morgan fingerprint density at radius 3 is 2.71 bits per heavy atom. The molecule has 7 heteroatoms. The van der Waals surface area contributed by atoms with Gasteiger partial charge in [-0.25, -0.2) is 0 Å². The number of nitrogens with zero attached hydrogens (tertiary/aromatic N) is 3. The Kier molecular flexibility index (Phi) is 6.07. The van der Waals surface area contributed by atoms with Crippen molar-refractivity contribution < 1.29 is 14.1 Å². The smallest absolute Gasteiger partial charge is 0.255 e. The standard InChI is InChI=1S/C27H24ClN3O3/c1-17-20(10-6-11-23(17)28)25-29-26(34-30-25)24-12-7-15-31(24)27(32)22-16-19(33-2)13-14-21(22)18-8-4-3-5-9-18/h3-6,8-11,13-14,16,24H,7,12,15H2,1-2H3. The third-order valence-corrected chi connectivity index (χ3v) is 6.70. The number of carbonyl (C=O) groups is 1. The molecule has 2 heterocycles. The van der Waals surface area contributed by atoms with Gasteiger partial charge in [0, 0.05) is 17.1 Å². The van der Waals surface area contributed by atoms with Crippen molar-refractivity contribution in [2.75, 3.05) is 13.7 Å². The van der Waals surface area contributed by atoms with E-state index in [4.69, 9.17) is 20.9 Å². The summed E-state index contributed by atoms with van der Waals surface area (Å²) in [6.07, 6.45) is 1.61. The summed E-state index contributed by atoms with van der Waals surface area (Å²) in [6, 6.07) is 20.8. The van der Waals surface area contributed by atoms with Gasteiger partial charge in [-0.2, -0.15) is 4.98 Å². The second kappa shape index (κ2) is 9.31. The van der Waals surface area contributed by atoms with Gasteiger partial charge in [0.15, 0.2) is 0 Å². The predicted octanol–water partition coefficient (Wildman–Crippen LogP) is 6.35. The van der Waals surface area contributed by atoms with Crippen LogP contribution in [0, 0.1) is 6.92 Å². The Morgan fingerprint density at radius 2 is 1.91 bits per heavy atom. The Morgan fingerprint density at radius 1 is 1.09 bits per heavy atom. The van der Waals surface area contributed by atoms with Crippen LogP contribution in [0.25, 0.3) is 22.5 Å². The van der Waals surface area contributed by atoms with Crippen LogP contribution in [-0.2, 0) is 0 Å². The molecule has 4 aromatic rings. The van der Waals surface area contributed by atoms with E-state index in [0.29, 0.717) is 34.6 Å². The SMILES string of the molecule is COc1ccc(-c2ccccc2)c(C(=O)N2CCCC2c2nc(-c3cccc(Cl)c3C)no2)c1. The monoisotopic (exact) mass is 473 g/mol. The Hall–Kier alpha value is -3.64. The first-order valence-corrected chi connectivity index (χ1v) is 11.6. The van der Waals surface area contributed by atoms with Crippen LogP contribution in [0.2, 0.25) is 5.02 Å². The molecule has 0 N–H and O–H groups in total. The molecular formula is C27H24ClN3O3. The zero-order valence-corrected chi connectivity index (χ0v) is 19.7. The first kappa shape index (κ1) is 22.2. The van der Waals surface area contributed by atoms with Gasteiger partial charge in [-0.15, -0.1) is 0 Å². The van der Waals surface area contributed by atoms with Crippen molar-refractivity contribution in [1.29, 1.82) is 0 Å². The van der Waals surface area contributed by atoms with Crippen LogP contribution >= 0.6 is 11.6 Å². The average molecular weight is 474 g/mol. The van der Waals surface area contributed by atoms with Gasteiger partial charge in [0.1, 0.15) is 11.8 Å². The zero-order valence-electron chi connectivity index (χ0n) is 19.0. The Balaban J connectivity index is 1.49. The molecule has 1 aromatic heterocycles. The van der Waals surface area contributed by atoms with Crippen LogP contribution in [0.3, 0.4) is 0 Å². The maximum Gasteiger partial charge on any atom is 0.255 e. The quantitative estimate of drug-likeness (QED) is 0.337. The van der Waals surface area contributed by atoms with Crippen molar-refractivity contribution in [1.82, 2.24) is 15.0 Å². The van der Waals surface area contributed by atoms with Crippen LogP contribution < -0.4 is 4.74 Å². The highest BCUT2D eigenvalue weighted by Crippen LogP contribution is 2.36. The van der Waals surface area contributed by atoms with E-state index in [1.165, 1.54) is 0 Å². The summed E-state index contributed by atoms with van der Waals surface area (Å²) in [5, 5.41) is 4.84. The number of hydrogen-bond acceptors (Lipinski definition) is 5. The van der Waals surface area contributed by atoms with Crippen molar-refractivity contribution in [3.8, 4) is 28.3 Å². The summed E-state index contributed by atoms with van der Waals surface area (Å²) in [5.74, 6) is 1.46. The molecule has 1 fully saturated rings. The van der Waals surface area contributed by atoms with Gasteiger partial charge in [0.25, 0.3) is 5.91 Å². The predicted molar refractivity (Wildman–Crippen MR) is 131 cm³/mol. The van der Waals surface area contributed by atoms with Gasteiger partial charge in [-0.05, 0) is 60.7 Å². The second-order valence-electron chi connectivity index (χ2n) is 8.30. The van der Waals surface area contributed by atoms with E-state index in [0.717, 1.165) is 35.1 Å². The molecule has 34 heavy (non-hydrogen) atoms. The lowest BCUT2D eigenvalue weighted by molar-refractivity contribution is 0.0710. The van der Waals surface area contributed by atoms with Gasteiger partial charge in [-0.3, -0.25) is 4.79 Å². The molecule has 1 unspecified atom stereocenters. The molecule has 3 aromatic carbocycles. The summed E-state index contributed by atoms with van der Waals surface area (Å²) in [6.45, 7) is 2.54. The van der Waals surface area contributed by atoms with Crippen molar-refractivity contribution in [2.24, 2.45) is 0 Å². The van der Waals surface area contributed by atoms with E-state index in [1.54, 1.807) is 13.2 Å². The number of amides is 1. The zero-order chi connectivity index (χ0) is 23.7. The fourth-order valence-electron chi connectivity index (χ4n) is 4.45. The maximum absolute atomic E-state index is 13.8. The highest BCUT2D eigenvalue weighted by molar-refractivity contribution is 6.31. The molecule has 0 radical (unpaired) electrons. The molecule has 1 aliphatic heterocycles. The number of hydrogen-bond donors (Lipinski definition) is 0. The largest absolute Gasteiger partial charge is 0.497 e. The molecule has 1 aliphatic rings. The number of likely N-dealkylation sites (tertiary alicyclic amines) is 1. The van der Waals surface area contributed by atoms with E-state index in [1.807, 2.05) is 72.5 Å². The van der Waals surface area contributed by atoms with Crippen molar-refractivity contribution in [3.05, 3.63) is 88.8 Å². The highest BCUT2D eigenvalue weighted by Gasteiger charge is 2.35. The molecule has 0 aliphatic carbocycles. The van der Waals surface area contributed by atoms with Gasteiger partial charge >= 0.3 is 0 Å². The summed E-state index contributed by atoms with van der Waals surface area (Å²) >= 11 is 6.27. The number of methoxy groups -OCH3 is 1. The minimum atomic E-state index is -0.289. The number of benzene rings is 3. The van der Waals surface area contributed by atoms with Gasteiger partial charge in [0.05, 0.1) is 12.7 Å². The first-order valence-electron chi connectivity index (χ1n) is 11.2. The van der Waals surface area contributed by atoms with Gasteiger partial charge in [0.2, 0.25) is 11.7 Å². The number of aromatic nitrogens is 2. The fourth-order valence-corrected chi connectivity index (χ4v) is 4.62. The number of rotatable bonds is 5. The van der Waals surface area contributed by atoms with Crippen molar-refractivity contribution in [3.63, 3.8) is 0 Å². The summed E-state index contributed by atoms with van der Waals surface area (Å²) in [7, 11) is 1.60. The number of ether oxygens (including phenoxy) is 1. The third kappa shape index (κ3) is 4.05. The van der Waals surface area contributed by atoms with E-state index < -0.39 is 0 Å². The second-order valence-corrected chi connectivity index (χ2v) is 8.71. The fraction of sp³-hybridized carbons (Fsp3) is 0.222. The lowest BCUT2D eigenvalue weighted by Gasteiger charge is -2.23.